The fraction of sp³-hybridized carbons (Fsp3) is 0.300. The highest BCUT2D eigenvalue weighted by atomic mass is 32.2. The number of halogens is 2. The molecule has 0 aliphatic carbocycles. The van der Waals surface area contributed by atoms with E-state index in [0.717, 1.165) is 29.3 Å². The molecule has 9 heteroatoms. The van der Waals surface area contributed by atoms with E-state index in [1.54, 1.807) is 6.07 Å². The average molecular weight is 420 g/mol. The molecule has 0 unspecified atom stereocenters. The molecule has 3 N–H and O–H groups in total. The first-order valence-corrected chi connectivity index (χ1v) is 10.2. The highest BCUT2D eigenvalue weighted by Gasteiger charge is 2.21. The molecule has 6 nitrogen and oxygen atoms in total. The van der Waals surface area contributed by atoms with Crippen molar-refractivity contribution in [3.8, 4) is 0 Å². The largest absolute Gasteiger partial charge is 0.342 e. The van der Waals surface area contributed by atoms with Gasteiger partial charge in [0.1, 0.15) is 17.0 Å². The summed E-state index contributed by atoms with van der Waals surface area (Å²) in [4.78, 5) is 22.0. The zero-order valence-corrected chi connectivity index (χ0v) is 17.3. The van der Waals surface area contributed by atoms with Crippen molar-refractivity contribution in [1.29, 1.82) is 0 Å². The number of aromatic nitrogens is 2. The van der Waals surface area contributed by atoms with Gasteiger partial charge in [0, 0.05) is 23.4 Å². The van der Waals surface area contributed by atoms with Crippen LogP contribution in [0.25, 0.3) is 11.0 Å². The number of nitrogens with one attached hydrogen (secondary N) is 3. The van der Waals surface area contributed by atoms with Gasteiger partial charge in [-0.05, 0) is 44.8 Å². The first-order chi connectivity index (χ1) is 13.9. The number of benzene rings is 1. The molecule has 0 aliphatic heterocycles. The van der Waals surface area contributed by atoms with Gasteiger partial charge in [-0.25, -0.2) is 13.8 Å². The minimum Gasteiger partial charge on any atom is -0.342 e. The van der Waals surface area contributed by atoms with Crippen LogP contribution in [0, 0.1) is 11.6 Å². The van der Waals surface area contributed by atoms with Gasteiger partial charge in [0.25, 0.3) is 5.91 Å². The highest BCUT2D eigenvalue weighted by Crippen LogP contribution is 2.25. The number of pyridine rings is 1. The van der Waals surface area contributed by atoms with Crippen LogP contribution >= 0.6 is 11.9 Å². The number of hydrogen-bond donors (Lipinski definition) is 3. The van der Waals surface area contributed by atoms with Crippen molar-refractivity contribution in [2.24, 2.45) is 0 Å². The van der Waals surface area contributed by atoms with Crippen LogP contribution in [-0.2, 0) is 6.54 Å². The topological polar surface area (TPSA) is 73.0 Å². The number of fused-ring (bicyclic) bond motifs is 1. The van der Waals surface area contributed by atoms with Crippen LogP contribution in [0.5, 0.6) is 0 Å². The number of nitrogens with zero attached hydrogens (tertiary/aromatic N) is 2. The lowest BCUT2D eigenvalue weighted by Gasteiger charge is -2.11. The van der Waals surface area contributed by atoms with E-state index >= 15 is 0 Å². The SMILES string of the molecule is CCCSNc1ccc(F)c(C(=O)Nc2cnc3[nH]c(CN(C)C)cc3c2)c1F. The predicted octanol–water partition coefficient (Wildman–Crippen LogP) is 4.63. The second-order valence-electron chi connectivity index (χ2n) is 6.88. The average Bonchev–Trinajstić information content (AvgIpc) is 3.04. The molecule has 1 aromatic carbocycles. The van der Waals surface area contributed by atoms with E-state index in [9.17, 15) is 13.6 Å². The zero-order valence-electron chi connectivity index (χ0n) is 16.5. The Hall–Kier alpha value is -2.65. The van der Waals surface area contributed by atoms with E-state index in [1.807, 2.05) is 32.0 Å². The zero-order chi connectivity index (χ0) is 21.0. The van der Waals surface area contributed by atoms with Crippen molar-refractivity contribution in [2.75, 3.05) is 29.9 Å². The fourth-order valence-corrected chi connectivity index (χ4v) is 3.45. The van der Waals surface area contributed by atoms with Crippen molar-refractivity contribution in [2.45, 2.75) is 19.9 Å². The lowest BCUT2D eigenvalue weighted by molar-refractivity contribution is 0.101. The first-order valence-electron chi connectivity index (χ1n) is 9.18. The Balaban J connectivity index is 1.81. The van der Waals surface area contributed by atoms with Gasteiger partial charge < -0.3 is 19.9 Å². The third kappa shape index (κ3) is 5.04. The Bertz CT molecular complexity index is 1020. The van der Waals surface area contributed by atoms with Gasteiger partial charge in [-0.15, -0.1) is 0 Å². The Morgan fingerprint density at radius 2 is 2.07 bits per heavy atom. The summed E-state index contributed by atoms with van der Waals surface area (Å²) in [6, 6.07) is 6.00. The molecule has 3 rings (SSSR count). The standard InChI is InChI=1S/C20H23F2N5OS/c1-4-7-29-26-16-6-5-15(21)17(18(16)22)20(28)25-13-8-12-9-14(11-27(2)3)24-19(12)23-10-13/h5-6,8-10,26H,4,7,11H2,1-3H3,(H,23,24)(H,25,28). The van der Waals surface area contributed by atoms with Gasteiger partial charge in [0.05, 0.1) is 17.6 Å². The lowest BCUT2D eigenvalue weighted by Crippen LogP contribution is -2.16. The van der Waals surface area contributed by atoms with Gasteiger partial charge in [0.2, 0.25) is 0 Å². The molecule has 0 saturated carbocycles. The van der Waals surface area contributed by atoms with Crippen LogP contribution in [0.3, 0.4) is 0 Å². The molecule has 154 valence electrons. The minimum atomic E-state index is -0.921. The van der Waals surface area contributed by atoms with E-state index in [-0.39, 0.29) is 5.69 Å². The number of hydrogen-bond acceptors (Lipinski definition) is 5. The fourth-order valence-electron chi connectivity index (χ4n) is 2.83. The molecule has 2 aromatic heterocycles. The van der Waals surface area contributed by atoms with Crippen molar-refractivity contribution in [3.05, 3.63) is 53.4 Å². The van der Waals surface area contributed by atoms with Crippen LogP contribution in [-0.4, -0.2) is 40.6 Å². The number of carbonyl (C=O) groups is 1. The second kappa shape index (κ2) is 9.23. The van der Waals surface area contributed by atoms with E-state index < -0.39 is 23.1 Å². The number of rotatable bonds is 8. The molecule has 0 atom stereocenters. The number of H-pyrrole nitrogens is 1. The summed E-state index contributed by atoms with van der Waals surface area (Å²) < 4.78 is 31.7. The maximum absolute atomic E-state index is 14.7. The Labute approximate surface area is 172 Å². The summed E-state index contributed by atoms with van der Waals surface area (Å²) in [6.07, 6.45) is 2.35. The Kier molecular flexibility index (Phi) is 6.71. The highest BCUT2D eigenvalue weighted by molar-refractivity contribution is 8.00. The van der Waals surface area contributed by atoms with Crippen LogP contribution < -0.4 is 10.0 Å². The van der Waals surface area contributed by atoms with Crippen LogP contribution in [0.15, 0.2) is 30.5 Å². The van der Waals surface area contributed by atoms with Crippen LogP contribution in [0.1, 0.15) is 29.4 Å². The van der Waals surface area contributed by atoms with Gasteiger partial charge in [-0.2, -0.15) is 0 Å². The summed E-state index contributed by atoms with van der Waals surface area (Å²) in [6.45, 7) is 2.71. The summed E-state index contributed by atoms with van der Waals surface area (Å²) >= 11 is 1.30. The Morgan fingerprint density at radius 1 is 1.28 bits per heavy atom. The lowest BCUT2D eigenvalue weighted by atomic mass is 10.1. The molecule has 29 heavy (non-hydrogen) atoms. The maximum Gasteiger partial charge on any atom is 0.261 e. The van der Waals surface area contributed by atoms with E-state index in [4.69, 9.17) is 0 Å². The molecule has 0 saturated heterocycles. The third-order valence-corrected chi connectivity index (χ3v) is 5.05. The Morgan fingerprint density at radius 3 is 2.79 bits per heavy atom. The maximum atomic E-state index is 14.7. The molecule has 0 radical (unpaired) electrons. The molecule has 0 spiro atoms. The normalized spacial score (nSPS) is 11.2. The monoisotopic (exact) mass is 419 g/mol. The van der Waals surface area contributed by atoms with Crippen LogP contribution in [0.2, 0.25) is 0 Å². The van der Waals surface area contributed by atoms with E-state index in [2.05, 4.69) is 20.0 Å². The van der Waals surface area contributed by atoms with Crippen LogP contribution in [0.4, 0.5) is 20.2 Å². The number of carbonyl (C=O) groups excluding carboxylic acids is 1. The van der Waals surface area contributed by atoms with Gasteiger partial charge in [0.15, 0.2) is 5.82 Å². The summed E-state index contributed by atoms with van der Waals surface area (Å²) in [5.41, 5.74) is 1.45. The third-order valence-electron chi connectivity index (χ3n) is 4.08. The summed E-state index contributed by atoms with van der Waals surface area (Å²) in [5, 5.41) is 3.33. The molecule has 0 fully saturated rings. The summed E-state index contributed by atoms with van der Waals surface area (Å²) in [7, 11) is 3.91. The van der Waals surface area contributed by atoms with Gasteiger partial charge in [-0.1, -0.05) is 18.9 Å². The van der Waals surface area contributed by atoms with E-state index in [0.29, 0.717) is 17.9 Å². The smallest absolute Gasteiger partial charge is 0.261 e. The molecular weight excluding hydrogens is 396 g/mol. The van der Waals surface area contributed by atoms with Crippen molar-refractivity contribution >= 4 is 40.3 Å². The molecular formula is C20H23F2N5OS. The van der Waals surface area contributed by atoms with Gasteiger partial charge in [-0.3, -0.25) is 4.79 Å². The van der Waals surface area contributed by atoms with Crippen molar-refractivity contribution in [3.63, 3.8) is 0 Å². The summed E-state index contributed by atoms with van der Waals surface area (Å²) in [5.74, 6) is -1.95. The molecule has 3 aromatic rings. The molecule has 2 heterocycles. The quantitative estimate of drug-likeness (QED) is 0.367. The van der Waals surface area contributed by atoms with Crippen molar-refractivity contribution in [1.82, 2.24) is 14.9 Å². The van der Waals surface area contributed by atoms with Crippen molar-refractivity contribution < 1.29 is 13.6 Å². The number of aromatic amines is 1. The molecule has 0 bridgehead atoms. The van der Waals surface area contributed by atoms with E-state index in [1.165, 1.54) is 24.2 Å². The molecule has 0 aliphatic rings. The minimum absolute atomic E-state index is 0.0718. The molecule has 1 amide bonds. The predicted molar refractivity (Wildman–Crippen MR) is 114 cm³/mol. The second-order valence-corrected chi connectivity index (χ2v) is 7.78. The first kappa shape index (κ1) is 21.1. The number of amides is 1. The van der Waals surface area contributed by atoms with Gasteiger partial charge >= 0.3 is 0 Å². The number of anilines is 2.